The highest BCUT2D eigenvalue weighted by Crippen LogP contribution is 2.33. The molecule has 1 saturated carbocycles. The van der Waals surface area contributed by atoms with E-state index in [1.54, 1.807) is 0 Å². The number of aliphatic carboxylic acids is 1. The number of carboxylic acid groups (broad SMARTS) is 1. The van der Waals surface area contributed by atoms with Crippen LogP contribution in [0.25, 0.3) is 0 Å². The molecule has 0 unspecified atom stereocenters. The number of hydrogen-bond acceptors (Lipinski definition) is 2. The Morgan fingerprint density at radius 2 is 1.57 bits per heavy atom. The first-order chi connectivity index (χ1) is 9.83. The molecular weight excluding hydrogens is 283 g/mol. The lowest BCUT2D eigenvalue weighted by Gasteiger charge is -2.30. The zero-order valence-electron chi connectivity index (χ0n) is 11.5. The number of hydrogen-bond donors (Lipinski definition) is 2. The molecule has 1 aliphatic carbocycles. The third-order valence-corrected chi connectivity index (χ3v) is 3.96. The summed E-state index contributed by atoms with van der Waals surface area (Å²) in [5, 5.41) is 12.5. The first kappa shape index (κ1) is 15.7. The maximum atomic E-state index is 12.5. The number of carbonyl (C=O) groups is 1. The molecule has 0 saturated heterocycles. The summed E-state index contributed by atoms with van der Waals surface area (Å²) in [5.74, 6) is -0.940. The zero-order valence-corrected chi connectivity index (χ0v) is 11.5. The van der Waals surface area contributed by atoms with Crippen molar-refractivity contribution >= 4 is 11.7 Å². The van der Waals surface area contributed by atoms with Gasteiger partial charge in [0.05, 0.1) is 5.56 Å². The molecule has 116 valence electrons. The number of halogens is 3. The molecule has 3 nitrogen and oxygen atoms in total. The predicted molar refractivity (Wildman–Crippen MR) is 73.1 cm³/mol. The number of carboxylic acids is 1. The van der Waals surface area contributed by atoms with E-state index in [0.29, 0.717) is 18.5 Å². The van der Waals surface area contributed by atoms with Crippen LogP contribution < -0.4 is 5.32 Å². The normalized spacial score (nSPS) is 18.8. The van der Waals surface area contributed by atoms with Crippen molar-refractivity contribution in [2.24, 2.45) is 0 Å². The lowest BCUT2D eigenvalue weighted by Crippen LogP contribution is -2.46. The van der Waals surface area contributed by atoms with Gasteiger partial charge < -0.3 is 10.4 Å². The monoisotopic (exact) mass is 301 g/mol. The molecule has 0 bridgehead atoms. The Balaban J connectivity index is 2.19. The van der Waals surface area contributed by atoms with Gasteiger partial charge in [-0.25, -0.2) is 4.79 Å². The summed E-state index contributed by atoms with van der Waals surface area (Å²) >= 11 is 0. The minimum absolute atomic E-state index is 0.410. The number of benzene rings is 1. The summed E-state index contributed by atoms with van der Waals surface area (Å²) in [6.45, 7) is 0. The SMILES string of the molecule is O=C(O)C1(Nc2ccc(C(F)(F)F)cc2)CCCCCC1. The number of rotatable bonds is 3. The number of nitrogens with one attached hydrogen (secondary N) is 1. The van der Waals surface area contributed by atoms with E-state index in [2.05, 4.69) is 5.32 Å². The van der Waals surface area contributed by atoms with Crippen LogP contribution in [-0.4, -0.2) is 16.6 Å². The fourth-order valence-corrected chi connectivity index (χ4v) is 2.74. The fraction of sp³-hybridized carbons (Fsp3) is 0.533. The molecular formula is C15H18F3NO2. The number of alkyl halides is 3. The predicted octanol–water partition coefficient (Wildman–Crippen LogP) is 4.29. The van der Waals surface area contributed by atoms with Gasteiger partial charge in [-0.2, -0.15) is 13.2 Å². The molecule has 0 aliphatic heterocycles. The van der Waals surface area contributed by atoms with Gasteiger partial charge in [-0.05, 0) is 37.1 Å². The van der Waals surface area contributed by atoms with Crippen molar-refractivity contribution < 1.29 is 23.1 Å². The molecule has 1 fully saturated rings. The molecule has 1 aromatic rings. The van der Waals surface area contributed by atoms with Crippen molar-refractivity contribution in [3.63, 3.8) is 0 Å². The van der Waals surface area contributed by atoms with Gasteiger partial charge in [-0.15, -0.1) is 0 Å². The van der Waals surface area contributed by atoms with Crippen LogP contribution in [0.3, 0.4) is 0 Å². The fourth-order valence-electron chi connectivity index (χ4n) is 2.74. The van der Waals surface area contributed by atoms with Crippen molar-refractivity contribution in [3.05, 3.63) is 29.8 Å². The number of anilines is 1. The molecule has 6 heteroatoms. The van der Waals surface area contributed by atoms with Crippen molar-refractivity contribution in [2.75, 3.05) is 5.32 Å². The van der Waals surface area contributed by atoms with Crippen LogP contribution in [0.4, 0.5) is 18.9 Å². The van der Waals surface area contributed by atoms with Crippen LogP contribution in [0, 0.1) is 0 Å². The molecule has 0 amide bonds. The van der Waals surface area contributed by atoms with Gasteiger partial charge in [0, 0.05) is 5.69 Å². The maximum absolute atomic E-state index is 12.5. The zero-order chi connectivity index (χ0) is 15.5. The van der Waals surface area contributed by atoms with Gasteiger partial charge in [0.1, 0.15) is 5.54 Å². The lowest BCUT2D eigenvalue weighted by molar-refractivity contribution is -0.143. The molecule has 0 radical (unpaired) electrons. The average Bonchev–Trinajstić information content (AvgIpc) is 2.65. The Bertz CT molecular complexity index is 489. The highest BCUT2D eigenvalue weighted by atomic mass is 19.4. The van der Waals surface area contributed by atoms with Crippen LogP contribution in [-0.2, 0) is 11.0 Å². The first-order valence-corrected chi connectivity index (χ1v) is 7.02. The van der Waals surface area contributed by atoms with Crippen LogP contribution >= 0.6 is 0 Å². The Morgan fingerprint density at radius 1 is 1.05 bits per heavy atom. The summed E-state index contributed by atoms with van der Waals surface area (Å²) in [6.07, 6.45) is 0.186. The Kier molecular flexibility index (Phi) is 4.44. The van der Waals surface area contributed by atoms with Crippen molar-refractivity contribution in [1.82, 2.24) is 0 Å². The standard InChI is InChI=1S/C15H18F3NO2/c16-15(17,18)11-5-7-12(8-6-11)19-14(13(20)21)9-3-1-2-4-10-14/h5-8,19H,1-4,9-10H2,(H,20,21). The second-order valence-electron chi connectivity index (χ2n) is 5.50. The first-order valence-electron chi connectivity index (χ1n) is 7.02. The maximum Gasteiger partial charge on any atom is 0.416 e. The van der Waals surface area contributed by atoms with E-state index in [0.717, 1.165) is 37.8 Å². The topological polar surface area (TPSA) is 49.3 Å². The third-order valence-electron chi connectivity index (χ3n) is 3.96. The van der Waals surface area contributed by atoms with Gasteiger partial charge in [-0.1, -0.05) is 25.7 Å². The lowest BCUT2D eigenvalue weighted by atomic mass is 9.90. The van der Waals surface area contributed by atoms with Gasteiger partial charge in [-0.3, -0.25) is 0 Å². The molecule has 1 aliphatic rings. The second kappa shape index (κ2) is 5.95. The van der Waals surface area contributed by atoms with Crippen molar-refractivity contribution in [2.45, 2.75) is 50.2 Å². The molecule has 0 atom stereocenters. The van der Waals surface area contributed by atoms with Crippen LogP contribution in [0.5, 0.6) is 0 Å². The highest BCUT2D eigenvalue weighted by Gasteiger charge is 2.38. The van der Waals surface area contributed by atoms with Gasteiger partial charge in [0.25, 0.3) is 0 Å². The van der Waals surface area contributed by atoms with E-state index in [9.17, 15) is 23.1 Å². The van der Waals surface area contributed by atoms with Crippen LogP contribution in [0.15, 0.2) is 24.3 Å². The van der Waals surface area contributed by atoms with E-state index in [4.69, 9.17) is 0 Å². The summed E-state index contributed by atoms with van der Waals surface area (Å²) in [7, 11) is 0. The highest BCUT2D eigenvalue weighted by molar-refractivity contribution is 5.82. The second-order valence-corrected chi connectivity index (χ2v) is 5.50. The Morgan fingerprint density at radius 3 is 2.00 bits per heavy atom. The summed E-state index contributed by atoms with van der Waals surface area (Å²) in [4.78, 5) is 11.6. The quantitative estimate of drug-likeness (QED) is 0.819. The summed E-state index contributed by atoms with van der Waals surface area (Å²) in [6, 6.07) is 4.51. The minimum atomic E-state index is -4.38. The molecule has 0 spiro atoms. The smallest absolute Gasteiger partial charge is 0.416 e. The summed E-state index contributed by atoms with van der Waals surface area (Å²) in [5.41, 5.74) is -1.40. The molecule has 0 aromatic heterocycles. The average molecular weight is 301 g/mol. The van der Waals surface area contributed by atoms with Crippen molar-refractivity contribution in [3.8, 4) is 0 Å². The molecule has 2 N–H and O–H groups in total. The molecule has 1 aromatic carbocycles. The Hall–Kier alpha value is -1.72. The van der Waals surface area contributed by atoms with E-state index >= 15 is 0 Å². The van der Waals surface area contributed by atoms with E-state index < -0.39 is 23.2 Å². The van der Waals surface area contributed by atoms with E-state index in [-0.39, 0.29) is 0 Å². The summed E-state index contributed by atoms with van der Waals surface area (Å²) < 4.78 is 37.6. The van der Waals surface area contributed by atoms with Gasteiger partial charge in [0.2, 0.25) is 0 Å². The molecule has 0 heterocycles. The van der Waals surface area contributed by atoms with E-state index in [1.807, 2.05) is 0 Å². The third kappa shape index (κ3) is 3.68. The largest absolute Gasteiger partial charge is 0.480 e. The molecule has 2 rings (SSSR count). The minimum Gasteiger partial charge on any atom is -0.480 e. The van der Waals surface area contributed by atoms with Crippen LogP contribution in [0.1, 0.15) is 44.1 Å². The Labute approximate surface area is 121 Å². The van der Waals surface area contributed by atoms with Gasteiger partial charge in [0.15, 0.2) is 0 Å². The van der Waals surface area contributed by atoms with Gasteiger partial charge >= 0.3 is 12.1 Å². The van der Waals surface area contributed by atoms with Crippen molar-refractivity contribution in [1.29, 1.82) is 0 Å². The van der Waals surface area contributed by atoms with Crippen LogP contribution in [0.2, 0.25) is 0 Å². The molecule has 21 heavy (non-hydrogen) atoms. The van der Waals surface area contributed by atoms with E-state index in [1.165, 1.54) is 12.1 Å².